The molecule has 15 heavy (non-hydrogen) atoms. The first-order chi connectivity index (χ1) is 6.78. The summed E-state index contributed by atoms with van der Waals surface area (Å²) in [6, 6.07) is 0. The normalized spacial score (nSPS) is 21.2. The molecule has 5 nitrogen and oxygen atoms in total. The van der Waals surface area contributed by atoms with Gasteiger partial charge in [-0.2, -0.15) is 0 Å². The predicted octanol–water partition coefficient (Wildman–Crippen LogP) is 1.14. The topological polar surface area (TPSA) is 83.8 Å². The van der Waals surface area contributed by atoms with Crippen LogP contribution < -0.4 is 0 Å². The minimum absolute atomic E-state index is 0.245. The zero-order chi connectivity index (χ0) is 11.9. The lowest BCUT2D eigenvalue weighted by atomic mass is 9.89. The van der Waals surface area contributed by atoms with Gasteiger partial charge < -0.3 is 14.5 Å². The average molecular weight is 236 g/mol. The molecule has 0 amide bonds. The van der Waals surface area contributed by atoms with Gasteiger partial charge in [0.05, 0.1) is 7.11 Å². The summed E-state index contributed by atoms with van der Waals surface area (Å²) >= 11 is 0. The molecule has 6 heteroatoms. The molecule has 0 saturated heterocycles. The van der Waals surface area contributed by atoms with E-state index >= 15 is 0 Å². The lowest BCUT2D eigenvalue weighted by Crippen LogP contribution is -2.46. The molecule has 0 aromatic heterocycles. The summed E-state index contributed by atoms with van der Waals surface area (Å²) in [5.74, 6) is -1.46. The fraction of sp³-hybridized carbons (Fsp3) is 0.889. The van der Waals surface area contributed by atoms with Gasteiger partial charge in [-0.25, -0.2) is 0 Å². The van der Waals surface area contributed by atoms with Crippen molar-refractivity contribution in [2.24, 2.45) is 11.8 Å². The summed E-state index contributed by atoms with van der Waals surface area (Å²) in [4.78, 5) is 30.5. The fourth-order valence-corrected chi connectivity index (χ4v) is 3.99. The fourth-order valence-electron chi connectivity index (χ4n) is 2.25. The van der Waals surface area contributed by atoms with Crippen LogP contribution in [0.2, 0.25) is 0 Å². The third-order valence-corrected chi connectivity index (χ3v) is 5.10. The van der Waals surface area contributed by atoms with Crippen LogP contribution in [0.4, 0.5) is 0 Å². The highest BCUT2D eigenvalue weighted by atomic mass is 31.2. The minimum atomic E-state index is -4.50. The number of hydrogen-bond donors (Lipinski definition) is 2. The molecule has 88 valence electrons. The number of hydrogen-bond acceptors (Lipinski definition) is 3. The van der Waals surface area contributed by atoms with Crippen molar-refractivity contribution in [2.45, 2.75) is 31.8 Å². The molecule has 1 fully saturated rings. The zero-order valence-electron chi connectivity index (χ0n) is 9.14. The first-order valence-corrected chi connectivity index (χ1v) is 6.53. The molecule has 2 N–H and O–H groups in total. The van der Waals surface area contributed by atoms with Crippen LogP contribution in [0.3, 0.4) is 0 Å². The summed E-state index contributed by atoms with van der Waals surface area (Å²) in [6.45, 7) is 3.29. The van der Waals surface area contributed by atoms with Crippen LogP contribution >= 0.6 is 7.60 Å². The van der Waals surface area contributed by atoms with E-state index < -0.39 is 24.6 Å². The molecule has 1 aliphatic rings. The molecule has 0 aliphatic heterocycles. The van der Waals surface area contributed by atoms with Crippen LogP contribution in [0.15, 0.2) is 0 Å². The van der Waals surface area contributed by atoms with Gasteiger partial charge in [0.1, 0.15) is 0 Å². The molecule has 0 aromatic carbocycles. The van der Waals surface area contributed by atoms with Crippen molar-refractivity contribution in [3.63, 3.8) is 0 Å². The van der Waals surface area contributed by atoms with E-state index in [1.807, 2.05) is 0 Å². The molecule has 1 rings (SSSR count). The second-order valence-electron chi connectivity index (χ2n) is 4.29. The molecule has 1 unspecified atom stereocenters. The van der Waals surface area contributed by atoms with Gasteiger partial charge in [0.2, 0.25) is 0 Å². The van der Waals surface area contributed by atoms with Crippen LogP contribution in [0.25, 0.3) is 0 Å². The third-order valence-electron chi connectivity index (χ3n) is 3.07. The number of ether oxygens (including phenoxy) is 1. The molecular weight excluding hydrogens is 219 g/mol. The van der Waals surface area contributed by atoms with E-state index in [9.17, 15) is 19.1 Å². The van der Waals surface area contributed by atoms with Crippen molar-refractivity contribution in [1.82, 2.24) is 0 Å². The maximum absolute atomic E-state index is 11.7. The van der Waals surface area contributed by atoms with E-state index in [1.54, 1.807) is 13.8 Å². The van der Waals surface area contributed by atoms with E-state index in [-0.39, 0.29) is 5.92 Å². The maximum atomic E-state index is 11.7. The van der Waals surface area contributed by atoms with Gasteiger partial charge in [0.25, 0.3) is 0 Å². The SMILES string of the molecule is COC(=O)C(C(C)C)(C1CC1)P(=O)(O)O. The van der Waals surface area contributed by atoms with Crippen LogP contribution in [0, 0.1) is 11.8 Å². The quantitative estimate of drug-likeness (QED) is 0.565. The zero-order valence-corrected chi connectivity index (χ0v) is 10.0. The second kappa shape index (κ2) is 3.89. The maximum Gasteiger partial charge on any atom is 0.343 e. The van der Waals surface area contributed by atoms with Gasteiger partial charge in [-0.15, -0.1) is 0 Å². The lowest BCUT2D eigenvalue weighted by molar-refractivity contribution is -0.146. The van der Waals surface area contributed by atoms with Crippen molar-refractivity contribution in [3.05, 3.63) is 0 Å². The number of methoxy groups -OCH3 is 1. The number of carbonyl (C=O) groups is 1. The van der Waals surface area contributed by atoms with Gasteiger partial charge in [-0.3, -0.25) is 9.36 Å². The molecule has 0 bridgehead atoms. The Balaban J connectivity index is 3.23. The highest BCUT2D eigenvalue weighted by molar-refractivity contribution is 7.54. The van der Waals surface area contributed by atoms with Gasteiger partial charge in [-0.1, -0.05) is 13.8 Å². The Bertz CT molecular complexity index is 300. The van der Waals surface area contributed by atoms with Crippen LogP contribution in [0.5, 0.6) is 0 Å². The molecule has 0 heterocycles. The third kappa shape index (κ3) is 1.84. The largest absolute Gasteiger partial charge is 0.468 e. The molecule has 0 radical (unpaired) electrons. The monoisotopic (exact) mass is 236 g/mol. The average Bonchev–Trinajstić information content (AvgIpc) is 2.85. The van der Waals surface area contributed by atoms with E-state index in [0.717, 1.165) is 7.11 Å². The van der Waals surface area contributed by atoms with E-state index in [1.165, 1.54) is 0 Å². The predicted molar refractivity (Wildman–Crippen MR) is 54.4 cm³/mol. The number of carbonyl (C=O) groups excluding carboxylic acids is 1. The van der Waals surface area contributed by atoms with Gasteiger partial charge in [0.15, 0.2) is 5.16 Å². The summed E-state index contributed by atoms with van der Waals surface area (Å²) in [6.07, 6.45) is 1.36. The second-order valence-corrected chi connectivity index (χ2v) is 6.12. The summed E-state index contributed by atoms with van der Waals surface area (Å²) in [5, 5.41) is -1.64. The highest BCUT2D eigenvalue weighted by Gasteiger charge is 2.64. The lowest BCUT2D eigenvalue weighted by Gasteiger charge is -2.35. The minimum Gasteiger partial charge on any atom is -0.468 e. The number of esters is 1. The Morgan fingerprint density at radius 3 is 2.13 bits per heavy atom. The number of rotatable bonds is 4. The highest BCUT2D eigenvalue weighted by Crippen LogP contribution is 2.64. The van der Waals surface area contributed by atoms with Gasteiger partial charge >= 0.3 is 13.6 Å². The molecule has 0 aromatic rings. The molecule has 1 atom stereocenters. The van der Waals surface area contributed by atoms with Crippen molar-refractivity contribution in [3.8, 4) is 0 Å². The van der Waals surface area contributed by atoms with Crippen LogP contribution in [-0.4, -0.2) is 28.0 Å². The van der Waals surface area contributed by atoms with Crippen molar-refractivity contribution in [1.29, 1.82) is 0 Å². The van der Waals surface area contributed by atoms with E-state index in [0.29, 0.717) is 12.8 Å². The van der Waals surface area contributed by atoms with Crippen molar-refractivity contribution >= 4 is 13.6 Å². The van der Waals surface area contributed by atoms with Gasteiger partial charge in [-0.05, 0) is 24.7 Å². The Morgan fingerprint density at radius 1 is 1.47 bits per heavy atom. The standard InChI is InChI=1S/C9H17O5P/c1-6(2)9(7-4-5-7,8(10)14-3)15(11,12)13/h6-7H,4-5H2,1-3H3,(H2,11,12,13). The summed E-state index contributed by atoms with van der Waals surface area (Å²) in [7, 11) is -3.34. The first kappa shape index (κ1) is 12.7. The van der Waals surface area contributed by atoms with Crippen molar-refractivity contribution < 1.29 is 23.9 Å². The van der Waals surface area contributed by atoms with Crippen LogP contribution in [0.1, 0.15) is 26.7 Å². The smallest absolute Gasteiger partial charge is 0.343 e. The Kier molecular flexibility index (Phi) is 3.29. The Labute approximate surface area is 89.0 Å². The summed E-state index contributed by atoms with van der Waals surface area (Å²) < 4.78 is 16.1. The van der Waals surface area contributed by atoms with Crippen LogP contribution in [-0.2, 0) is 14.1 Å². The van der Waals surface area contributed by atoms with E-state index in [4.69, 9.17) is 0 Å². The molecular formula is C9H17O5P. The molecule has 0 spiro atoms. The molecule has 1 saturated carbocycles. The Hall–Kier alpha value is -0.380. The first-order valence-electron chi connectivity index (χ1n) is 4.92. The van der Waals surface area contributed by atoms with E-state index in [2.05, 4.69) is 4.74 Å². The Morgan fingerprint density at radius 2 is 1.93 bits per heavy atom. The molecule has 1 aliphatic carbocycles. The van der Waals surface area contributed by atoms with Gasteiger partial charge in [0, 0.05) is 0 Å². The van der Waals surface area contributed by atoms with Crippen molar-refractivity contribution in [2.75, 3.05) is 7.11 Å². The summed E-state index contributed by atoms with van der Waals surface area (Å²) in [5.41, 5.74) is 0.